The van der Waals surface area contributed by atoms with Gasteiger partial charge in [0.25, 0.3) is 0 Å². The Bertz CT molecular complexity index is 557. The van der Waals surface area contributed by atoms with E-state index in [0.29, 0.717) is 10.5 Å². The van der Waals surface area contributed by atoms with Gasteiger partial charge in [0.15, 0.2) is 0 Å². The van der Waals surface area contributed by atoms with Gasteiger partial charge in [-0.1, -0.05) is 0 Å². The normalized spacial score (nSPS) is 9.62. The largest absolute Gasteiger partial charge is 0 e. The topological polar surface area (TPSA) is 37.3 Å². The Balaban J connectivity index is 0.00000128. The van der Waals surface area contributed by atoms with Crippen LogP contribution in [-0.2, 0) is 32.7 Å². The number of carboxylic acids is 1. The molecule has 0 bridgehead atoms. The van der Waals surface area contributed by atoms with Gasteiger partial charge < -0.3 is 0 Å². The van der Waals surface area contributed by atoms with Crippen molar-refractivity contribution in [3.8, 4) is 0 Å². The first-order valence-corrected chi connectivity index (χ1v) is 4.90. The number of hydrogen-bond acceptors (Lipinski definition) is 1. The van der Waals surface area contributed by atoms with Gasteiger partial charge in [-0.05, 0) is 0 Å². The summed E-state index contributed by atoms with van der Waals surface area (Å²) in [6, 6.07) is 7.60. The molecule has 5 heteroatoms. The Morgan fingerprint density at radius 2 is 2.00 bits per heavy atom. The third-order valence-electron chi connectivity index (χ3n) is 2.47. The molecule has 16 heavy (non-hydrogen) atoms. The second-order valence-electron chi connectivity index (χ2n) is 3.38. The molecule has 0 saturated carbocycles. The molecule has 1 N–H and O–H groups in total. The number of aryl methyl sites for hydroxylation is 1. The van der Waals surface area contributed by atoms with E-state index in [0.717, 1.165) is 10.7 Å². The van der Waals surface area contributed by atoms with Gasteiger partial charge >= 0.3 is 92.3 Å². The van der Waals surface area contributed by atoms with Crippen LogP contribution in [0.25, 0.3) is 10.7 Å². The molecule has 2 rings (SSSR count). The van der Waals surface area contributed by atoms with E-state index in [1.807, 2.05) is 24.3 Å². The number of benzene rings is 1. The predicted octanol–water partition coefficient (Wildman–Crippen LogP) is 2.84. The molecular formula is C11H8BClO2Y. The Morgan fingerprint density at radius 3 is 2.62 bits per heavy atom. The number of hydrogen-bond donors (Lipinski definition) is 1. The monoisotopic (exact) mass is 307 g/mol. The Labute approximate surface area is 124 Å². The molecule has 1 heterocycles. The van der Waals surface area contributed by atoms with E-state index in [2.05, 4.69) is 0 Å². The molecule has 0 amide bonds. The molecule has 1 aromatic carbocycles. The number of halogens is 1. The third kappa shape index (κ3) is 2.37. The van der Waals surface area contributed by atoms with Crippen LogP contribution in [0.1, 0.15) is 15.9 Å². The average molecular weight is 307 g/mol. The SMILES string of the molecule is Cc1c(C(=O)O)c(Cl)bc2ccccc12.[Y]. The van der Waals surface area contributed by atoms with Crippen molar-refractivity contribution in [2.24, 2.45) is 0 Å². The van der Waals surface area contributed by atoms with Gasteiger partial charge in [0.1, 0.15) is 0 Å². The van der Waals surface area contributed by atoms with E-state index in [-0.39, 0.29) is 38.3 Å². The summed E-state index contributed by atoms with van der Waals surface area (Å²) >= 11 is 5.92. The average Bonchev–Trinajstić information content (AvgIpc) is 2.17. The van der Waals surface area contributed by atoms with Gasteiger partial charge in [-0.2, -0.15) is 0 Å². The van der Waals surface area contributed by atoms with E-state index in [1.165, 1.54) is 0 Å². The molecule has 1 radical (unpaired) electrons. The first-order valence-electron chi connectivity index (χ1n) is 4.52. The van der Waals surface area contributed by atoms with E-state index in [1.54, 1.807) is 13.8 Å². The Hall–Kier alpha value is -0.241. The molecule has 0 aliphatic carbocycles. The molecule has 0 aliphatic heterocycles. The summed E-state index contributed by atoms with van der Waals surface area (Å²) in [6.07, 6.45) is 0. The summed E-state index contributed by atoms with van der Waals surface area (Å²) in [4.78, 5) is 11.3. The zero-order valence-electron chi connectivity index (χ0n) is 8.70. The molecule has 0 unspecified atom stereocenters. The van der Waals surface area contributed by atoms with Gasteiger partial charge in [0, 0.05) is 32.7 Å². The number of fused-ring (bicyclic) bond motifs is 1. The fourth-order valence-corrected chi connectivity index (χ4v) is 2.09. The standard InChI is InChI=1S/C11H8BClO2.Y/c1-6-7-4-2-3-5-8(7)12-10(13)9(6)11(14)15;/h2-5H,1H3,(H,14,15);. The van der Waals surface area contributed by atoms with Crippen molar-refractivity contribution in [1.29, 1.82) is 0 Å². The van der Waals surface area contributed by atoms with Crippen LogP contribution in [0.4, 0.5) is 0 Å². The Kier molecular flexibility index (Phi) is 4.66. The van der Waals surface area contributed by atoms with Crippen molar-refractivity contribution in [2.75, 3.05) is 0 Å². The van der Waals surface area contributed by atoms with Crippen molar-refractivity contribution < 1.29 is 42.6 Å². The fraction of sp³-hybridized carbons (Fsp3) is 0.0909. The molecule has 77 valence electrons. The molecule has 0 saturated heterocycles. The first-order chi connectivity index (χ1) is 7.11. The van der Waals surface area contributed by atoms with E-state index < -0.39 is 5.97 Å². The molecular weight excluding hydrogens is 299 g/mol. The van der Waals surface area contributed by atoms with Crippen molar-refractivity contribution in [3.63, 3.8) is 0 Å². The molecule has 0 fully saturated rings. The van der Waals surface area contributed by atoms with E-state index in [4.69, 9.17) is 16.7 Å². The summed E-state index contributed by atoms with van der Waals surface area (Å²) in [5.41, 5.74) is 0.904. The van der Waals surface area contributed by atoms with Crippen LogP contribution < -0.4 is 0 Å². The van der Waals surface area contributed by atoms with Gasteiger partial charge in [-0.15, -0.1) is 0 Å². The number of rotatable bonds is 1. The molecule has 0 atom stereocenters. The zero-order valence-corrected chi connectivity index (χ0v) is 12.3. The quantitative estimate of drug-likeness (QED) is 0.879. The van der Waals surface area contributed by atoms with E-state index >= 15 is 0 Å². The second-order valence-corrected chi connectivity index (χ2v) is 3.79. The summed E-state index contributed by atoms with van der Waals surface area (Å²) in [5, 5.41) is 10.9. The summed E-state index contributed by atoms with van der Waals surface area (Å²) in [6.45, 7) is 3.46. The van der Waals surface area contributed by atoms with Gasteiger partial charge in [-0.3, -0.25) is 0 Å². The molecule has 2 aromatic rings. The predicted molar refractivity (Wildman–Crippen MR) is 62.0 cm³/mol. The minimum atomic E-state index is -0.983. The van der Waals surface area contributed by atoms with Crippen LogP contribution in [0.2, 0.25) is 4.92 Å². The molecule has 0 spiro atoms. The first kappa shape index (κ1) is 13.8. The van der Waals surface area contributed by atoms with Crippen LogP contribution in [0.15, 0.2) is 24.3 Å². The number of carbonyl (C=O) groups is 1. The Morgan fingerprint density at radius 1 is 1.38 bits per heavy atom. The maximum absolute atomic E-state index is 11.0. The number of aromatic carboxylic acids is 1. The van der Waals surface area contributed by atoms with Gasteiger partial charge in [0.2, 0.25) is 0 Å². The molecule has 0 aliphatic rings. The molecule has 2 nitrogen and oxygen atoms in total. The van der Waals surface area contributed by atoms with Crippen LogP contribution in [0, 0.1) is 6.92 Å². The van der Waals surface area contributed by atoms with E-state index in [9.17, 15) is 4.79 Å². The van der Waals surface area contributed by atoms with Crippen LogP contribution >= 0.6 is 11.6 Å². The van der Waals surface area contributed by atoms with Gasteiger partial charge in [-0.25, -0.2) is 0 Å². The summed E-state index contributed by atoms with van der Waals surface area (Å²) in [5.74, 6) is -0.983. The third-order valence-corrected chi connectivity index (χ3v) is 2.77. The summed E-state index contributed by atoms with van der Waals surface area (Å²) in [7, 11) is 0. The van der Waals surface area contributed by atoms with Crippen molar-refractivity contribution in [1.82, 2.24) is 0 Å². The minimum Gasteiger partial charge on any atom is 0 e. The van der Waals surface area contributed by atoms with Crippen LogP contribution in [0.3, 0.4) is 0 Å². The van der Waals surface area contributed by atoms with Gasteiger partial charge in [0.05, 0.1) is 0 Å². The number of carboxylic acid groups (broad SMARTS) is 1. The van der Waals surface area contributed by atoms with Crippen LogP contribution in [-0.4, -0.2) is 18.0 Å². The van der Waals surface area contributed by atoms with Crippen molar-refractivity contribution in [3.05, 3.63) is 40.3 Å². The minimum absolute atomic E-state index is 0. The maximum Gasteiger partial charge on any atom is 0 e. The molecule has 1 aromatic heterocycles. The fourth-order valence-electron chi connectivity index (χ4n) is 1.75. The van der Waals surface area contributed by atoms with Crippen molar-refractivity contribution >= 4 is 35.1 Å². The van der Waals surface area contributed by atoms with Crippen LogP contribution in [0.5, 0.6) is 0 Å². The van der Waals surface area contributed by atoms with Crippen molar-refractivity contribution in [2.45, 2.75) is 6.92 Å². The summed E-state index contributed by atoms with van der Waals surface area (Å²) < 4.78 is 0. The zero-order chi connectivity index (χ0) is 11.0. The smallest absolute Gasteiger partial charge is 0 e. The second kappa shape index (κ2) is 5.39. The maximum atomic E-state index is 11.0.